The first-order chi connectivity index (χ1) is 13.9. The third kappa shape index (κ3) is 4.16. The molecule has 4 rings (SSSR count). The van der Waals surface area contributed by atoms with Crippen LogP contribution in [0.2, 0.25) is 0 Å². The van der Waals surface area contributed by atoms with Gasteiger partial charge in [0.2, 0.25) is 10.0 Å². The molecule has 1 atom stereocenters. The molecule has 1 aliphatic carbocycles. The highest BCUT2D eigenvalue weighted by molar-refractivity contribution is 7.89. The summed E-state index contributed by atoms with van der Waals surface area (Å²) in [5.41, 5.74) is 1.03. The van der Waals surface area contributed by atoms with Gasteiger partial charge in [0.15, 0.2) is 0 Å². The fraction of sp³-hybridized carbons (Fsp3) is 0.450. The zero-order chi connectivity index (χ0) is 20.4. The van der Waals surface area contributed by atoms with Crippen LogP contribution >= 0.6 is 0 Å². The number of carbonyl (C=O) groups is 1. The van der Waals surface area contributed by atoms with Crippen LogP contribution in [0.25, 0.3) is 0 Å². The van der Waals surface area contributed by atoms with Gasteiger partial charge in [0.25, 0.3) is 0 Å². The van der Waals surface area contributed by atoms with Gasteiger partial charge in [-0.3, -0.25) is 0 Å². The van der Waals surface area contributed by atoms with E-state index in [9.17, 15) is 17.6 Å². The van der Waals surface area contributed by atoms with Crippen LogP contribution in [0.4, 0.5) is 9.18 Å². The fourth-order valence-corrected chi connectivity index (χ4v) is 5.44. The molecular weight excluding hydrogens is 397 g/mol. The lowest BCUT2D eigenvalue weighted by Gasteiger charge is -2.27. The second kappa shape index (κ2) is 8.16. The van der Waals surface area contributed by atoms with E-state index in [-0.39, 0.29) is 23.5 Å². The van der Waals surface area contributed by atoms with Crippen molar-refractivity contribution in [3.63, 3.8) is 0 Å². The van der Waals surface area contributed by atoms with Crippen LogP contribution in [-0.4, -0.2) is 49.8 Å². The molecule has 1 unspecified atom stereocenters. The van der Waals surface area contributed by atoms with Gasteiger partial charge in [-0.1, -0.05) is 0 Å². The van der Waals surface area contributed by atoms with Gasteiger partial charge in [-0.2, -0.15) is 4.31 Å². The molecule has 1 saturated heterocycles. The Hall–Kier alpha value is -2.39. The first kappa shape index (κ1) is 19.9. The van der Waals surface area contributed by atoms with Crippen molar-refractivity contribution in [2.75, 3.05) is 26.2 Å². The van der Waals surface area contributed by atoms with E-state index < -0.39 is 15.8 Å². The van der Waals surface area contributed by atoms with E-state index in [1.807, 2.05) is 6.07 Å². The highest BCUT2D eigenvalue weighted by Crippen LogP contribution is 2.30. The molecule has 7 nitrogen and oxygen atoms in total. The smallest absolute Gasteiger partial charge is 0.317 e. The number of aryl methyl sites for hydroxylation is 1. The Morgan fingerprint density at radius 1 is 1.07 bits per heavy atom. The third-order valence-corrected chi connectivity index (χ3v) is 7.46. The van der Waals surface area contributed by atoms with E-state index in [0.29, 0.717) is 26.1 Å². The van der Waals surface area contributed by atoms with Crippen LogP contribution in [0.15, 0.2) is 45.9 Å². The summed E-state index contributed by atoms with van der Waals surface area (Å²) < 4.78 is 45.6. The lowest BCUT2D eigenvalue weighted by Crippen LogP contribution is -2.44. The Bertz CT molecular complexity index is 974. The summed E-state index contributed by atoms with van der Waals surface area (Å²) in [4.78, 5) is 14.5. The van der Waals surface area contributed by atoms with Crippen LogP contribution in [-0.2, 0) is 16.4 Å². The third-order valence-electron chi connectivity index (χ3n) is 5.54. The summed E-state index contributed by atoms with van der Waals surface area (Å²) >= 11 is 0. The fourth-order valence-electron chi connectivity index (χ4n) is 3.97. The summed E-state index contributed by atoms with van der Waals surface area (Å²) in [6.07, 6.45) is 4.88. The van der Waals surface area contributed by atoms with Crippen molar-refractivity contribution in [2.24, 2.45) is 0 Å². The Morgan fingerprint density at radius 3 is 2.66 bits per heavy atom. The number of halogens is 1. The second-order valence-corrected chi connectivity index (χ2v) is 9.33. The molecule has 0 spiro atoms. The highest BCUT2D eigenvalue weighted by atomic mass is 32.2. The molecular formula is C20H24FN3O4S. The maximum Gasteiger partial charge on any atom is 0.317 e. The number of urea groups is 1. The molecule has 9 heteroatoms. The summed E-state index contributed by atoms with van der Waals surface area (Å²) in [5, 5.41) is 3.07. The normalized spacial score (nSPS) is 20.7. The van der Waals surface area contributed by atoms with Gasteiger partial charge in [-0.25, -0.2) is 17.6 Å². The van der Waals surface area contributed by atoms with Crippen molar-refractivity contribution < 1.29 is 22.0 Å². The van der Waals surface area contributed by atoms with Crippen molar-refractivity contribution in [2.45, 2.75) is 36.6 Å². The first-order valence-corrected chi connectivity index (χ1v) is 11.3. The van der Waals surface area contributed by atoms with Gasteiger partial charge in [-0.15, -0.1) is 0 Å². The van der Waals surface area contributed by atoms with Crippen LogP contribution in [0, 0.1) is 5.82 Å². The second-order valence-electron chi connectivity index (χ2n) is 7.39. The van der Waals surface area contributed by atoms with E-state index in [1.54, 1.807) is 11.2 Å². The average molecular weight is 421 g/mol. The number of hydrogen-bond acceptors (Lipinski definition) is 4. The molecule has 2 aromatic rings. The van der Waals surface area contributed by atoms with Gasteiger partial charge >= 0.3 is 6.03 Å². The standard InChI is InChI=1S/C20H24FN3O4S/c21-15-5-7-16(8-6-15)29(26,27)24-11-2-10-23(12-13-24)20(25)22-18-3-1-4-19-17(18)9-14-28-19/h5-9,14,18H,1-4,10-13H2,(H,22,25). The van der Waals surface area contributed by atoms with Gasteiger partial charge in [-0.05, 0) is 49.6 Å². The molecule has 2 heterocycles. The number of nitrogens with zero attached hydrogens (tertiary/aromatic N) is 2. The van der Waals surface area contributed by atoms with Gasteiger partial charge in [0, 0.05) is 38.2 Å². The number of sulfonamides is 1. The SMILES string of the molecule is O=C(NC1CCCc2occc21)N1CCCN(S(=O)(=O)c2ccc(F)cc2)CC1. The minimum absolute atomic E-state index is 0.0616. The van der Waals surface area contributed by atoms with E-state index >= 15 is 0 Å². The van der Waals surface area contributed by atoms with Crippen molar-refractivity contribution in [1.82, 2.24) is 14.5 Å². The number of nitrogens with one attached hydrogen (secondary N) is 1. The Balaban J connectivity index is 1.40. The maximum atomic E-state index is 13.1. The largest absolute Gasteiger partial charge is 0.469 e. The number of furan rings is 1. The van der Waals surface area contributed by atoms with E-state index in [0.717, 1.165) is 42.7 Å². The van der Waals surface area contributed by atoms with Gasteiger partial charge in [0.1, 0.15) is 11.6 Å². The molecule has 0 bridgehead atoms. The molecule has 1 aromatic heterocycles. The first-order valence-electron chi connectivity index (χ1n) is 9.82. The Kier molecular flexibility index (Phi) is 5.60. The molecule has 1 fully saturated rings. The van der Waals surface area contributed by atoms with E-state index in [1.165, 1.54) is 16.4 Å². The zero-order valence-corrected chi connectivity index (χ0v) is 16.8. The minimum atomic E-state index is -3.72. The Labute approximate surface area is 169 Å². The number of hydrogen-bond donors (Lipinski definition) is 1. The maximum absolute atomic E-state index is 13.1. The molecule has 1 aromatic carbocycles. The van der Waals surface area contributed by atoms with Crippen molar-refractivity contribution in [1.29, 1.82) is 0 Å². The van der Waals surface area contributed by atoms with Crippen LogP contribution in [0.1, 0.15) is 36.6 Å². The molecule has 1 N–H and O–H groups in total. The van der Waals surface area contributed by atoms with Crippen LogP contribution < -0.4 is 5.32 Å². The predicted molar refractivity (Wildman–Crippen MR) is 104 cm³/mol. The minimum Gasteiger partial charge on any atom is -0.469 e. The van der Waals surface area contributed by atoms with Gasteiger partial charge < -0.3 is 14.6 Å². The number of amides is 2. The van der Waals surface area contributed by atoms with Crippen molar-refractivity contribution in [3.8, 4) is 0 Å². The topological polar surface area (TPSA) is 82.9 Å². The Morgan fingerprint density at radius 2 is 1.86 bits per heavy atom. The molecule has 2 amide bonds. The van der Waals surface area contributed by atoms with Crippen LogP contribution in [0.5, 0.6) is 0 Å². The number of fused-ring (bicyclic) bond motifs is 1. The lowest BCUT2D eigenvalue weighted by atomic mass is 9.93. The summed E-state index contributed by atoms with van der Waals surface area (Å²) in [7, 11) is -3.72. The molecule has 0 radical (unpaired) electrons. The molecule has 0 saturated carbocycles. The lowest BCUT2D eigenvalue weighted by molar-refractivity contribution is 0.194. The quantitative estimate of drug-likeness (QED) is 0.826. The van der Waals surface area contributed by atoms with E-state index in [4.69, 9.17) is 4.42 Å². The summed E-state index contributed by atoms with van der Waals surface area (Å²) in [5.74, 6) is 0.445. The molecule has 156 valence electrons. The van der Waals surface area contributed by atoms with Crippen LogP contribution in [0.3, 0.4) is 0 Å². The van der Waals surface area contributed by atoms with Gasteiger partial charge in [0.05, 0.1) is 17.2 Å². The van der Waals surface area contributed by atoms with Crippen molar-refractivity contribution >= 4 is 16.1 Å². The average Bonchev–Trinajstić information content (AvgIpc) is 3.04. The number of benzene rings is 1. The van der Waals surface area contributed by atoms with Crippen molar-refractivity contribution in [3.05, 3.63) is 53.7 Å². The molecule has 29 heavy (non-hydrogen) atoms. The summed E-state index contributed by atoms with van der Waals surface area (Å²) in [6.45, 7) is 1.30. The predicted octanol–water partition coefficient (Wildman–Crippen LogP) is 2.90. The summed E-state index contributed by atoms with van der Waals surface area (Å²) in [6, 6.07) is 6.45. The molecule has 1 aliphatic heterocycles. The monoisotopic (exact) mass is 421 g/mol. The number of carbonyl (C=O) groups excluding carboxylic acids is 1. The molecule has 2 aliphatic rings. The number of rotatable bonds is 3. The van der Waals surface area contributed by atoms with E-state index in [2.05, 4.69) is 5.32 Å². The highest BCUT2D eigenvalue weighted by Gasteiger charge is 2.30. The zero-order valence-electron chi connectivity index (χ0n) is 16.0.